The number of carbonyl (C=O) groups is 3. The van der Waals surface area contributed by atoms with Gasteiger partial charge in [-0.15, -0.1) is 0 Å². The molecule has 0 radical (unpaired) electrons. The second kappa shape index (κ2) is 10.7. The number of aromatic nitrogens is 1. The zero-order chi connectivity index (χ0) is 23.1. The van der Waals surface area contributed by atoms with Gasteiger partial charge >= 0.3 is 0 Å². The molecule has 1 aliphatic rings. The molecule has 1 aromatic carbocycles. The number of hydrogen-bond donors (Lipinski definition) is 1. The van der Waals surface area contributed by atoms with Crippen LogP contribution in [0.25, 0.3) is 5.57 Å². The van der Waals surface area contributed by atoms with E-state index < -0.39 is 0 Å². The van der Waals surface area contributed by atoms with Crippen molar-refractivity contribution in [2.45, 2.75) is 40.0 Å². The number of amides is 3. The number of imide groups is 1. The van der Waals surface area contributed by atoms with Crippen molar-refractivity contribution >= 4 is 29.0 Å². The summed E-state index contributed by atoms with van der Waals surface area (Å²) in [6.07, 6.45) is 5.91. The third-order valence-corrected chi connectivity index (χ3v) is 5.49. The molecule has 168 valence electrons. The third-order valence-electron chi connectivity index (χ3n) is 5.49. The van der Waals surface area contributed by atoms with Crippen LogP contribution >= 0.6 is 0 Å². The molecule has 0 bridgehead atoms. The Hall–Kier alpha value is -3.48. The van der Waals surface area contributed by atoms with Crippen LogP contribution in [0.5, 0.6) is 0 Å². The van der Waals surface area contributed by atoms with Crippen LogP contribution in [0.3, 0.4) is 0 Å². The van der Waals surface area contributed by atoms with Crippen LogP contribution in [0.15, 0.2) is 54.5 Å². The van der Waals surface area contributed by atoms with Gasteiger partial charge in [0, 0.05) is 44.6 Å². The largest absolute Gasteiger partial charge is 0.366 e. The highest BCUT2D eigenvalue weighted by Crippen LogP contribution is 2.32. The van der Waals surface area contributed by atoms with E-state index in [1.807, 2.05) is 30.9 Å². The monoisotopic (exact) mass is 434 g/mol. The van der Waals surface area contributed by atoms with Crippen molar-refractivity contribution in [2.24, 2.45) is 0 Å². The predicted octanol–water partition coefficient (Wildman–Crippen LogP) is 3.48. The normalized spacial score (nSPS) is 13.7. The lowest BCUT2D eigenvalue weighted by Gasteiger charge is -2.25. The standard InChI is InChI=1S/C25H30N4O3/c1-4-6-16-29-24(31)22(20-7-9-21(10-8-20)27-18(3)30)23(25(29)32)28(5-2)17-13-19-11-14-26-15-12-19/h7-12,14-15H,4-6,13,16-17H2,1-3H3,(H,27,30). The summed E-state index contributed by atoms with van der Waals surface area (Å²) in [5.74, 6) is -0.655. The Morgan fingerprint density at radius 1 is 1.03 bits per heavy atom. The van der Waals surface area contributed by atoms with E-state index in [1.165, 1.54) is 11.8 Å². The highest BCUT2D eigenvalue weighted by Gasteiger charge is 2.40. The lowest BCUT2D eigenvalue weighted by Crippen LogP contribution is -2.36. The number of pyridine rings is 1. The first-order chi connectivity index (χ1) is 15.5. The molecule has 3 amide bonds. The molecule has 1 N–H and O–H groups in total. The minimum Gasteiger partial charge on any atom is -0.366 e. The Kier molecular flexibility index (Phi) is 7.76. The van der Waals surface area contributed by atoms with Gasteiger partial charge in [-0.2, -0.15) is 0 Å². The Labute approximate surface area is 189 Å². The number of carbonyl (C=O) groups excluding carboxylic acids is 3. The van der Waals surface area contributed by atoms with Crippen molar-refractivity contribution in [3.8, 4) is 0 Å². The number of likely N-dealkylation sites (N-methyl/N-ethyl adjacent to an activating group) is 1. The highest BCUT2D eigenvalue weighted by atomic mass is 16.2. The molecule has 7 heteroatoms. The van der Waals surface area contributed by atoms with Crippen LogP contribution in [-0.2, 0) is 20.8 Å². The molecule has 32 heavy (non-hydrogen) atoms. The van der Waals surface area contributed by atoms with Gasteiger partial charge in [0.2, 0.25) is 5.91 Å². The maximum Gasteiger partial charge on any atom is 0.277 e. The summed E-state index contributed by atoms with van der Waals surface area (Å²) in [7, 11) is 0. The molecule has 0 saturated carbocycles. The molecule has 0 fully saturated rings. The molecule has 0 atom stereocenters. The Morgan fingerprint density at radius 2 is 1.72 bits per heavy atom. The number of benzene rings is 1. The highest BCUT2D eigenvalue weighted by molar-refractivity contribution is 6.35. The number of hydrogen-bond acceptors (Lipinski definition) is 5. The fourth-order valence-corrected chi connectivity index (χ4v) is 3.80. The Balaban J connectivity index is 1.96. The second-order valence-electron chi connectivity index (χ2n) is 7.78. The first-order valence-corrected chi connectivity index (χ1v) is 11.1. The van der Waals surface area contributed by atoms with E-state index in [4.69, 9.17) is 0 Å². The summed E-state index contributed by atoms with van der Waals surface area (Å²) in [5, 5.41) is 2.73. The van der Waals surface area contributed by atoms with Gasteiger partial charge in [-0.3, -0.25) is 24.3 Å². The topological polar surface area (TPSA) is 82.6 Å². The molecule has 2 aromatic rings. The first kappa shape index (κ1) is 23.2. The molecule has 0 unspecified atom stereocenters. The molecule has 0 spiro atoms. The number of nitrogens with zero attached hydrogens (tertiary/aromatic N) is 3. The molecule has 2 heterocycles. The van der Waals surface area contributed by atoms with Gasteiger partial charge in [0.05, 0.1) is 5.57 Å². The van der Waals surface area contributed by atoms with Crippen molar-refractivity contribution in [1.29, 1.82) is 0 Å². The van der Waals surface area contributed by atoms with Crippen LogP contribution in [0.1, 0.15) is 44.7 Å². The van der Waals surface area contributed by atoms with Crippen molar-refractivity contribution in [2.75, 3.05) is 25.0 Å². The summed E-state index contributed by atoms with van der Waals surface area (Å²) >= 11 is 0. The van der Waals surface area contributed by atoms with Crippen molar-refractivity contribution in [3.63, 3.8) is 0 Å². The molecular formula is C25H30N4O3. The van der Waals surface area contributed by atoms with Gasteiger partial charge in [-0.05, 0) is 55.2 Å². The summed E-state index contributed by atoms with van der Waals surface area (Å²) in [6.45, 7) is 7.10. The van der Waals surface area contributed by atoms with Crippen molar-refractivity contribution in [1.82, 2.24) is 14.8 Å². The summed E-state index contributed by atoms with van der Waals surface area (Å²) in [4.78, 5) is 45.4. The van der Waals surface area contributed by atoms with E-state index in [9.17, 15) is 14.4 Å². The second-order valence-corrected chi connectivity index (χ2v) is 7.78. The summed E-state index contributed by atoms with van der Waals surface area (Å²) < 4.78 is 0. The third kappa shape index (κ3) is 5.22. The van der Waals surface area contributed by atoms with E-state index in [0.717, 1.165) is 24.8 Å². The molecule has 1 aliphatic heterocycles. The first-order valence-electron chi connectivity index (χ1n) is 11.1. The smallest absolute Gasteiger partial charge is 0.277 e. The predicted molar refractivity (Wildman–Crippen MR) is 124 cm³/mol. The average molecular weight is 435 g/mol. The molecule has 7 nitrogen and oxygen atoms in total. The Bertz CT molecular complexity index is 1000. The van der Waals surface area contributed by atoms with Crippen LogP contribution < -0.4 is 5.32 Å². The zero-order valence-electron chi connectivity index (χ0n) is 18.9. The van der Waals surface area contributed by atoms with E-state index in [2.05, 4.69) is 10.3 Å². The lowest BCUT2D eigenvalue weighted by molar-refractivity contribution is -0.137. The zero-order valence-corrected chi connectivity index (χ0v) is 18.9. The molecular weight excluding hydrogens is 404 g/mol. The van der Waals surface area contributed by atoms with E-state index >= 15 is 0 Å². The van der Waals surface area contributed by atoms with Gasteiger partial charge in [0.15, 0.2) is 0 Å². The SMILES string of the molecule is CCCCN1C(=O)C(c2ccc(NC(C)=O)cc2)=C(N(CC)CCc2ccncc2)C1=O. The minimum absolute atomic E-state index is 0.163. The van der Waals surface area contributed by atoms with Crippen LogP contribution in [0.2, 0.25) is 0 Å². The number of unbranched alkanes of at least 4 members (excludes halogenated alkanes) is 1. The van der Waals surface area contributed by atoms with Crippen LogP contribution in [-0.4, -0.2) is 52.1 Å². The molecule has 0 saturated heterocycles. The number of anilines is 1. The maximum absolute atomic E-state index is 13.4. The lowest BCUT2D eigenvalue weighted by atomic mass is 10.0. The van der Waals surface area contributed by atoms with Crippen molar-refractivity contribution in [3.05, 3.63) is 65.6 Å². The maximum atomic E-state index is 13.4. The fraction of sp³-hybridized carbons (Fsp3) is 0.360. The quantitative estimate of drug-likeness (QED) is 0.579. The molecule has 1 aromatic heterocycles. The van der Waals surface area contributed by atoms with Crippen LogP contribution in [0, 0.1) is 0 Å². The van der Waals surface area contributed by atoms with Gasteiger partial charge in [0.25, 0.3) is 11.8 Å². The summed E-state index contributed by atoms with van der Waals surface area (Å²) in [5.41, 5.74) is 3.33. The summed E-state index contributed by atoms with van der Waals surface area (Å²) in [6, 6.07) is 11.0. The fourth-order valence-electron chi connectivity index (χ4n) is 3.80. The van der Waals surface area contributed by atoms with Crippen molar-refractivity contribution < 1.29 is 14.4 Å². The average Bonchev–Trinajstić information content (AvgIpc) is 3.03. The van der Waals surface area contributed by atoms with Gasteiger partial charge in [-0.1, -0.05) is 25.5 Å². The number of rotatable bonds is 10. The van der Waals surface area contributed by atoms with Gasteiger partial charge in [0.1, 0.15) is 5.70 Å². The minimum atomic E-state index is -0.256. The molecule has 3 rings (SSSR count). The van der Waals surface area contributed by atoms with E-state index in [-0.39, 0.29) is 17.7 Å². The number of nitrogens with one attached hydrogen (secondary N) is 1. The van der Waals surface area contributed by atoms with E-state index in [0.29, 0.717) is 42.2 Å². The molecule has 0 aliphatic carbocycles. The van der Waals surface area contributed by atoms with E-state index in [1.54, 1.807) is 36.7 Å². The van der Waals surface area contributed by atoms with Gasteiger partial charge < -0.3 is 10.2 Å². The Morgan fingerprint density at radius 3 is 2.31 bits per heavy atom. The van der Waals surface area contributed by atoms with Gasteiger partial charge in [-0.25, -0.2) is 0 Å². The van der Waals surface area contributed by atoms with Crippen LogP contribution in [0.4, 0.5) is 5.69 Å².